The SMILES string of the molecule is CN(C)C(=O)CN1Cc2c(F)cc(N3CCC(Oc4ccc(OCc5ccccc5)nc4)C3=O)cc2C1=O. The highest BCUT2D eigenvalue weighted by Crippen LogP contribution is 2.32. The number of hydrogen-bond donors (Lipinski definition) is 0. The third-order valence-electron chi connectivity index (χ3n) is 6.56. The Morgan fingerprint density at radius 1 is 1.13 bits per heavy atom. The average Bonchev–Trinajstić information content (AvgIpc) is 3.43. The summed E-state index contributed by atoms with van der Waals surface area (Å²) in [7, 11) is 3.19. The van der Waals surface area contributed by atoms with Gasteiger partial charge in [0.2, 0.25) is 11.8 Å². The van der Waals surface area contributed by atoms with Crippen LogP contribution >= 0.6 is 0 Å². The summed E-state index contributed by atoms with van der Waals surface area (Å²) in [6, 6.07) is 15.8. The van der Waals surface area contributed by atoms with E-state index >= 15 is 0 Å². The van der Waals surface area contributed by atoms with Gasteiger partial charge in [-0.3, -0.25) is 14.4 Å². The van der Waals surface area contributed by atoms with Crippen LogP contribution in [0, 0.1) is 5.82 Å². The number of anilines is 1. The van der Waals surface area contributed by atoms with Gasteiger partial charge in [-0.1, -0.05) is 30.3 Å². The number of aromatic nitrogens is 1. The number of likely N-dealkylation sites (N-methyl/N-ethyl adjacent to an activating group) is 1. The highest BCUT2D eigenvalue weighted by atomic mass is 19.1. The molecule has 0 saturated carbocycles. The summed E-state index contributed by atoms with van der Waals surface area (Å²) in [5.41, 5.74) is 1.70. The number of carbonyl (C=O) groups is 3. The van der Waals surface area contributed by atoms with Gasteiger partial charge in [-0.25, -0.2) is 9.37 Å². The second-order valence-corrected chi connectivity index (χ2v) is 9.39. The third kappa shape index (κ3) is 5.15. The zero-order chi connectivity index (χ0) is 26.8. The summed E-state index contributed by atoms with van der Waals surface area (Å²) in [6.07, 6.45) is 1.11. The van der Waals surface area contributed by atoms with Crippen LogP contribution in [0.3, 0.4) is 0 Å². The molecule has 1 saturated heterocycles. The van der Waals surface area contributed by atoms with E-state index in [1.54, 1.807) is 26.2 Å². The number of carbonyl (C=O) groups excluding carboxylic acids is 3. The molecule has 10 heteroatoms. The maximum absolute atomic E-state index is 15.0. The van der Waals surface area contributed by atoms with Crippen LogP contribution in [0.5, 0.6) is 11.6 Å². The molecule has 196 valence electrons. The van der Waals surface area contributed by atoms with E-state index in [4.69, 9.17) is 9.47 Å². The summed E-state index contributed by atoms with van der Waals surface area (Å²) >= 11 is 0. The summed E-state index contributed by atoms with van der Waals surface area (Å²) in [5.74, 6) is -0.770. The molecule has 0 N–H and O–H groups in total. The number of amides is 3. The molecule has 3 amide bonds. The van der Waals surface area contributed by atoms with E-state index in [0.29, 0.717) is 31.2 Å². The molecule has 9 nitrogen and oxygen atoms in total. The average molecular weight is 519 g/mol. The lowest BCUT2D eigenvalue weighted by molar-refractivity contribution is -0.129. The van der Waals surface area contributed by atoms with Gasteiger partial charge in [0.05, 0.1) is 12.7 Å². The van der Waals surface area contributed by atoms with Crippen LogP contribution in [-0.4, -0.2) is 65.8 Å². The number of ether oxygens (including phenoxy) is 2. The number of halogens is 1. The number of pyridine rings is 1. The molecule has 3 aromatic rings. The molecule has 2 aromatic carbocycles. The molecule has 38 heavy (non-hydrogen) atoms. The number of fused-ring (bicyclic) bond motifs is 1. The van der Waals surface area contributed by atoms with Gasteiger partial charge in [-0.15, -0.1) is 0 Å². The van der Waals surface area contributed by atoms with Crippen molar-refractivity contribution < 1.29 is 28.2 Å². The molecule has 0 spiro atoms. The Balaban J connectivity index is 1.22. The van der Waals surface area contributed by atoms with Crippen molar-refractivity contribution in [3.05, 3.63) is 83.3 Å². The Hall–Kier alpha value is -4.47. The van der Waals surface area contributed by atoms with Crippen molar-refractivity contribution >= 4 is 23.4 Å². The first kappa shape index (κ1) is 25.2. The molecule has 0 radical (unpaired) electrons. The second-order valence-electron chi connectivity index (χ2n) is 9.39. The monoisotopic (exact) mass is 518 g/mol. The van der Waals surface area contributed by atoms with Crippen LogP contribution in [0.2, 0.25) is 0 Å². The van der Waals surface area contributed by atoms with Crippen LogP contribution in [0.4, 0.5) is 10.1 Å². The Kier molecular flexibility index (Phi) is 6.95. The number of nitrogens with zero attached hydrogens (tertiary/aromatic N) is 4. The molecule has 2 aliphatic heterocycles. The lowest BCUT2D eigenvalue weighted by atomic mass is 10.1. The first-order chi connectivity index (χ1) is 18.3. The van der Waals surface area contributed by atoms with Crippen LogP contribution in [0.25, 0.3) is 0 Å². The van der Waals surface area contributed by atoms with Gasteiger partial charge in [0.1, 0.15) is 24.7 Å². The molecular formula is C28H27FN4O5. The van der Waals surface area contributed by atoms with Crippen molar-refractivity contribution in [3.63, 3.8) is 0 Å². The van der Waals surface area contributed by atoms with E-state index in [1.807, 2.05) is 30.3 Å². The van der Waals surface area contributed by atoms with Crippen molar-refractivity contribution in [1.82, 2.24) is 14.8 Å². The number of rotatable bonds is 8. The third-order valence-corrected chi connectivity index (χ3v) is 6.56. The van der Waals surface area contributed by atoms with Gasteiger partial charge < -0.3 is 24.2 Å². The summed E-state index contributed by atoms with van der Waals surface area (Å²) < 4.78 is 26.5. The van der Waals surface area contributed by atoms with E-state index in [9.17, 15) is 18.8 Å². The van der Waals surface area contributed by atoms with Gasteiger partial charge in [0.15, 0.2) is 6.10 Å². The van der Waals surface area contributed by atoms with Gasteiger partial charge >= 0.3 is 0 Å². The first-order valence-electron chi connectivity index (χ1n) is 12.2. The van der Waals surface area contributed by atoms with E-state index in [1.165, 1.54) is 33.0 Å². The molecular weight excluding hydrogens is 491 g/mol. The molecule has 1 fully saturated rings. The van der Waals surface area contributed by atoms with Gasteiger partial charge in [-0.2, -0.15) is 0 Å². The standard InChI is InChI=1S/C28H27FN4O5/c1-31(2)26(34)16-32-15-22-21(27(32)35)12-19(13-23(22)29)33-11-10-24(28(33)36)38-20-8-9-25(30-14-20)37-17-18-6-4-3-5-7-18/h3-9,12-14,24H,10-11,15-17H2,1-2H3. The minimum Gasteiger partial charge on any atom is -0.479 e. The number of hydrogen-bond acceptors (Lipinski definition) is 6. The summed E-state index contributed by atoms with van der Waals surface area (Å²) in [4.78, 5) is 46.4. The van der Waals surface area contributed by atoms with Crippen LogP contribution in [0.15, 0.2) is 60.8 Å². The lowest BCUT2D eigenvalue weighted by Crippen LogP contribution is -2.36. The fourth-order valence-corrected chi connectivity index (χ4v) is 4.43. The Labute approximate surface area is 219 Å². The predicted octanol–water partition coefficient (Wildman–Crippen LogP) is 3.03. The quantitative estimate of drug-likeness (QED) is 0.455. The van der Waals surface area contributed by atoms with Gasteiger partial charge in [0, 0.05) is 49.9 Å². The van der Waals surface area contributed by atoms with Crippen molar-refractivity contribution in [2.24, 2.45) is 0 Å². The van der Waals surface area contributed by atoms with Crippen LogP contribution in [0.1, 0.15) is 27.9 Å². The Morgan fingerprint density at radius 3 is 2.63 bits per heavy atom. The van der Waals surface area contributed by atoms with Crippen LogP contribution < -0.4 is 14.4 Å². The molecule has 2 aliphatic rings. The largest absolute Gasteiger partial charge is 0.479 e. The topological polar surface area (TPSA) is 92.3 Å². The summed E-state index contributed by atoms with van der Waals surface area (Å²) in [5, 5.41) is 0. The van der Waals surface area contributed by atoms with Crippen molar-refractivity contribution in [2.75, 3.05) is 32.1 Å². The van der Waals surface area contributed by atoms with E-state index in [0.717, 1.165) is 5.56 Å². The van der Waals surface area contributed by atoms with Crippen molar-refractivity contribution in [1.29, 1.82) is 0 Å². The lowest BCUT2D eigenvalue weighted by Gasteiger charge is -2.18. The molecule has 3 heterocycles. The van der Waals surface area contributed by atoms with Crippen molar-refractivity contribution in [2.45, 2.75) is 25.7 Å². The highest BCUT2D eigenvalue weighted by Gasteiger charge is 2.37. The van der Waals surface area contributed by atoms with E-state index in [-0.39, 0.29) is 41.7 Å². The maximum Gasteiger partial charge on any atom is 0.268 e. The van der Waals surface area contributed by atoms with Crippen LogP contribution in [-0.2, 0) is 22.7 Å². The number of benzene rings is 2. The fraction of sp³-hybridized carbons (Fsp3) is 0.286. The fourth-order valence-electron chi connectivity index (χ4n) is 4.43. The minimum atomic E-state index is -0.769. The molecule has 1 aromatic heterocycles. The molecule has 0 bridgehead atoms. The van der Waals surface area contributed by atoms with Gasteiger partial charge in [-0.05, 0) is 23.8 Å². The molecule has 1 atom stereocenters. The molecule has 0 aliphatic carbocycles. The van der Waals surface area contributed by atoms with E-state index in [2.05, 4.69) is 4.98 Å². The molecule has 5 rings (SSSR count). The molecule has 1 unspecified atom stereocenters. The zero-order valence-corrected chi connectivity index (χ0v) is 21.1. The Morgan fingerprint density at radius 2 is 1.92 bits per heavy atom. The minimum absolute atomic E-state index is 0.0115. The second kappa shape index (κ2) is 10.5. The normalized spacial score (nSPS) is 16.6. The van der Waals surface area contributed by atoms with Gasteiger partial charge in [0.25, 0.3) is 11.8 Å². The van der Waals surface area contributed by atoms with E-state index < -0.39 is 17.8 Å². The Bertz CT molecular complexity index is 1360. The first-order valence-corrected chi connectivity index (χ1v) is 12.2. The maximum atomic E-state index is 15.0. The summed E-state index contributed by atoms with van der Waals surface area (Å²) in [6.45, 7) is 0.563. The zero-order valence-electron chi connectivity index (χ0n) is 21.1. The predicted molar refractivity (Wildman–Crippen MR) is 136 cm³/mol. The smallest absolute Gasteiger partial charge is 0.268 e. The highest BCUT2D eigenvalue weighted by molar-refractivity contribution is 6.03. The van der Waals surface area contributed by atoms with Crippen molar-refractivity contribution in [3.8, 4) is 11.6 Å².